The number of alkyl halides is 1. The molecule has 0 aromatic heterocycles. The number of aryl methyl sites for hydroxylation is 1. The van der Waals surface area contributed by atoms with Crippen LogP contribution in [0.2, 0.25) is 0 Å². The summed E-state index contributed by atoms with van der Waals surface area (Å²) in [6.45, 7) is -0.138. The van der Waals surface area contributed by atoms with Gasteiger partial charge in [-0.05, 0) is 11.1 Å². The summed E-state index contributed by atoms with van der Waals surface area (Å²) in [5, 5.41) is 9.35. The van der Waals surface area contributed by atoms with Crippen molar-refractivity contribution in [2.24, 2.45) is 5.73 Å². The largest absolute Gasteiger partial charge is 0.387 e. The van der Waals surface area contributed by atoms with E-state index < -0.39 is 6.10 Å². The standard InChI is InChI=1S/C10H14FNO/c11-6-5-8-1-3-9(4-2-8)10(13)7-12/h1-4,10,13H,5-7,12H2. The summed E-state index contributed by atoms with van der Waals surface area (Å²) in [6.07, 6.45) is -0.182. The highest BCUT2D eigenvalue weighted by Crippen LogP contribution is 2.12. The van der Waals surface area contributed by atoms with Gasteiger partial charge in [-0.15, -0.1) is 0 Å². The van der Waals surface area contributed by atoms with E-state index in [1.165, 1.54) is 0 Å². The molecule has 0 radical (unpaired) electrons. The molecule has 0 aliphatic carbocycles. The highest BCUT2D eigenvalue weighted by Gasteiger charge is 2.03. The van der Waals surface area contributed by atoms with E-state index in [-0.39, 0.29) is 13.2 Å². The van der Waals surface area contributed by atoms with Crippen LogP contribution in [0.15, 0.2) is 24.3 Å². The quantitative estimate of drug-likeness (QED) is 0.736. The molecule has 1 atom stereocenters. The Morgan fingerprint density at radius 3 is 2.38 bits per heavy atom. The molecule has 3 heteroatoms. The molecule has 0 heterocycles. The predicted molar refractivity (Wildman–Crippen MR) is 50.1 cm³/mol. The van der Waals surface area contributed by atoms with Crippen molar-refractivity contribution in [2.45, 2.75) is 12.5 Å². The number of aliphatic hydroxyl groups excluding tert-OH is 1. The van der Waals surface area contributed by atoms with Crippen LogP contribution < -0.4 is 5.73 Å². The molecule has 13 heavy (non-hydrogen) atoms. The van der Waals surface area contributed by atoms with Crippen molar-refractivity contribution in [1.82, 2.24) is 0 Å². The third kappa shape index (κ3) is 2.79. The van der Waals surface area contributed by atoms with Crippen molar-refractivity contribution in [3.63, 3.8) is 0 Å². The fourth-order valence-electron chi connectivity index (χ4n) is 1.15. The Morgan fingerprint density at radius 1 is 1.31 bits per heavy atom. The SMILES string of the molecule is NCC(O)c1ccc(CCF)cc1. The maximum absolute atomic E-state index is 11.9. The van der Waals surface area contributed by atoms with E-state index in [9.17, 15) is 9.50 Å². The first-order chi connectivity index (χ1) is 6.27. The van der Waals surface area contributed by atoms with Crippen LogP contribution in [-0.4, -0.2) is 18.3 Å². The molecule has 1 rings (SSSR count). The van der Waals surface area contributed by atoms with Crippen LogP contribution in [0.1, 0.15) is 17.2 Å². The first-order valence-electron chi connectivity index (χ1n) is 4.31. The lowest BCUT2D eigenvalue weighted by molar-refractivity contribution is 0.186. The molecule has 0 bridgehead atoms. The average molecular weight is 183 g/mol. The van der Waals surface area contributed by atoms with Crippen molar-refractivity contribution < 1.29 is 9.50 Å². The number of halogens is 1. The lowest BCUT2D eigenvalue weighted by Crippen LogP contribution is -2.11. The number of rotatable bonds is 4. The van der Waals surface area contributed by atoms with Gasteiger partial charge in [0.25, 0.3) is 0 Å². The van der Waals surface area contributed by atoms with Crippen LogP contribution in [0.4, 0.5) is 4.39 Å². The van der Waals surface area contributed by atoms with Crippen molar-refractivity contribution in [2.75, 3.05) is 13.2 Å². The Hall–Kier alpha value is -0.930. The van der Waals surface area contributed by atoms with Gasteiger partial charge in [-0.1, -0.05) is 24.3 Å². The molecule has 0 spiro atoms. The Balaban J connectivity index is 2.69. The van der Waals surface area contributed by atoms with Crippen LogP contribution >= 0.6 is 0 Å². The fourth-order valence-corrected chi connectivity index (χ4v) is 1.15. The lowest BCUT2D eigenvalue weighted by Gasteiger charge is -2.08. The maximum atomic E-state index is 11.9. The zero-order valence-corrected chi connectivity index (χ0v) is 7.41. The van der Waals surface area contributed by atoms with Gasteiger partial charge < -0.3 is 10.8 Å². The zero-order chi connectivity index (χ0) is 9.68. The summed E-state index contributed by atoms with van der Waals surface area (Å²) >= 11 is 0. The minimum Gasteiger partial charge on any atom is -0.387 e. The third-order valence-electron chi connectivity index (χ3n) is 1.97. The van der Waals surface area contributed by atoms with Crippen molar-refractivity contribution >= 4 is 0 Å². The van der Waals surface area contributed by atoms with Crippen LogP contribution in [0.5, 0.6) is 0 Å². The highest BCUT2D eigenvalue weighted by atomic mass is 19.1. The topological polar surface area (TPSA) is 46.2 Å². The molecule has 0 saturated heterocycles. The molecular formula is C10H14FNO. The first kappa shape index (κ1) is 10.2. The van der Waals surface area contributed by atoms with Crippen LogP contribution in [-0.2, 0) is 6.42 Å². The first-order valence-corrected chi connectivity index (χ1v) is 4.31. The van der Waals surface area contributed by atoms with E-state index in [0.717, 1.165) is 11.1 Å². The summed E-state index contributed by atoms with van der Waals surface area (Å²) < 4.78 is 11.9. The van der Waals surface area contributed by atoms with E-state index in [1.807, 2.05) is 12.1 Å². The molecule has 0 saturated carbocycles. The predicted octanol–water partition coefficient (Wildman–Crippen LogP) is 1.19. The van der Waals surface area contributed by atoms with Gasteiger partial charge in [-0.25, -0.2) is 0 Å². The number of hydrogen-bond acceptors (Lipinski definition) is 2. The number of hydrogen-bond donors (Lipinski definition) is 2. The summed E-state index contributed by atoms with van der Waals surface area (Å²) in [7, 11) is 0. The molecule has 72 valence electrons. The van der Waals surface area contributed by atoms with Gasteiger partial charge >= 0.3 is 0 Å². The number of benzene rings is 1. The van der Waals surface area contributed by atoms with Crippen LogP contribution in [0, 0.1) is 0 Å². The Labute approximate surface area is 77.2 Å². The summed E-state index contributed by atoms with van der Waals surface area (Å²) in [4.78, 5) is 0. The van der Waals surface area contributed by atoms with Gasteiger partial charge in [-0.3, -0.25) is 4.39 Å². The maximum Gasteiger partial charge on any atom is 0.0934 e. The number of aliphatic hydroxyl groups is 1. The van der Waals surface area contributed by atoms with E-state index in [1.54, 1.807) is 12.1 Å². The highest BCUT2D eigenvalue weighted by molar-refractivity contribution is 5.24. The van der Waals surface area contributed by atoms with Gasteiger partial charge in [0.2, 0.25) is 0 Å². The van der Waals surface area contributed by atoms with E-state index in [4.69, 9.17) is 5.73 Å². The van der Waals surface area contributed by atoms with Gasteiger partial charge in [-0.2, -0.15) is 0 Å². The molecule has 0 aliphatic heterocycles. The molecule has 0 amide bonds. The second-order valence-corrected chi connectivity index (χ2v) is 2.93. The van der Waals surface area contributed by atoms with Crippen LogP contribution in [0.25, 0.3) is 0 Å². The number of nitrogens with two attached hydrogens (primary N) is 1. The van der Waals surface area contributed by atoms with E-state index in [0.29, 0.717) is 6.42 Å². The minimum absolute atomic E-state index is 0.211. The van der Waals surface area contributed by atoms with Gasteiger partial charge in [0.05, 0.1) is 12.8 Å². The Bertz CT molecular complexity index is 248. The normalized spacial score (nSPS) is 12.8. The molecule has 1 aromatic carbocycles. The fraction of sp³-hybridized carbons (Fsp3) is 0.400. The smallest absolute Gasteiger partial charge is 0.0934 e. The van der Waals surface area contributed by atoms with E-state index >= 15 is 0 Å². The van der Waals surface area contributed by atoms with Crippen molar-refractivity contribution in [3.05, 3.63) is 35.4 Å². The average Bonchev–Trinajstić information content (AvgIpc) is 2.18. The molecular weight excluding hydrogens is 169 g/mol. The van der Waals surface area contributed by atoms with Crippen LogP contribution in [0.3, 0.4) is 0 Å². The molecule has 2 nitrogen and oxygen atoms in total. The summed E-state index contributed by atoms with van der Waals surface area (Å²) in [5.74, 6) is 0. The van der Waals surface area contributed by atoms with Crippen molar-refractivity contribution in [1.29, 1.82) is 0 Å². The monoisotopic (exact) mass is 183 g/mol. The Kier molecular flexibility index (Phi) is 3.86. The van der Waals surface area contributed by atoms with Crippen molar-refractivity contribution in [3.8, 4) is 0 Å². The molecule has 0 fully saturated rings. The minimum atomic E-state index is -0.612. The molecule has 0 aliphatic rings. The molecule has 1 aromatic rings. The lowest BCUT2D eigenvalue weighted by atomic mass is 10.1. The second-order valence-electron chi connectivity index (χ2n) is 2.93. The molecule has 3 N–H and O–H groups in total. The Morgan fingerprint density at radius 2 is 1.92 bits per heavy atom. The van der Waals surface area contributed by atoms with Gasteiger partial charge in [0, 0.05) is 13.0 Å². The zero-order valence-electron chi connectivity index (χ0n) is 7.41. The third-order valence-corrected chi connectivity index (χ3v) is 1.97. The van der Waals surface area contributed by atoms with E-state index in [2.05, 4.69) is 0 Å². The van der Waals surface area contributed by atoms with Gasteiger partial charge in [0.15, 0.2) is 0 Å². The molecule has 1 unspecified atom stereocenters. The summed E-state index contributed by atoms with van der Waals surface area (Å²) in [5.41, 5.74) is 7.01. The van der Waals surface area contributed by atoms with Gasteiger partial charge in [0.1, 0.15) is 0 Å². The second kappa shape index (κ2) is 4.94. The summed E-state index contributed by atoms with van der Waals surface area (Å²) in [6, 6.07) is 7.19.